The zero-order chi connectivity index (χ0) is 17.1. The van der Waals surface area contributed by atoms with Gasteiger partial charge in [-0.15, -0.1) is 0 Å². The van der Waals surface area contributed by atoms with Crippen LogP contribution in [0.1, 0.15) is 18.5 Å². The van der Waals surface area contributed by atoms with Gasteiger partial charge in [-0.1, -0.05) is 0 Å². The number of aromatic amines is 2. The van der Waals surface area contributed by atoms with Gasteiger partial charge in [0.15, 0.2) is 11.5 Å². The molecule has 1 fully saturated rings. The molecule has 9 nitrogen and oxygen atoms in total. The Morgan fingerprint density at radius 2 is 2.24 bits per heavy atom. The van der Waals surface area contributed by atoms with E-state index in [1.807, 2.05) is 0 Å². The maximum atomic E-state index is 12.5. The molecule has 3 aromatic rings. The number of piperidine rings is 1. The summed E-state index contributed by atoms with van der Waals surface area (Å²) in [6, 6.07) is 0. The van der Waals surface area contributed by atoms with Gasteiger partial charge in [0, 0.05) is 37.9 Å². The molecule has 1 atom stereocenters. The van der Waals surface area contributed by atoms with Crippen LogP contribution in [-0.4, -0.2) is 55.4 Å². The molecule has 1 unspecified atom stereocenters. The van der Waals surface area contributed by atoms with Crippen molar-refractivity contribution in [2.45, 2.75) is 19.3 Å². The second-order valence-corrected chi connectivity index (χ2v) is 6.20. The van der Waals surface area contributed by atoms with E-state index in [2.05, 4.69) is 40.1 Å². The average molecular weight is 340 g/mol. The fourth-order valence-electron chi connectivity index (χ4n) is 3.26. The molecule has 0 bridgehead atoms. The molecule has 0 aromatic carbocycles. The van der Waals surface area contributed by atoms with E-state index in [-0.39, 0.29) is 11.8 Å². The van der Waals surface area contributed by atoms with Crippen molar-refractivity contribution in [3.05, 3.63) is 30.9 Å². The normalized spacial score (nSPS) is 17.8. The Kier molecular flexibility index (Phi) is 4.28. The number of fused-ring (bicyclic) bond motifs is 1. The molecule has 1 amide bonds. The third kappa shape index (κ3) is 3.30. The number of hydrogen-bond donors (Lipinski definition) is 3. The van der Waals surface area contributed by atoms with Crippen LogP contribution in [0, 0.1) is 5.92 Å². The average Bonchev–Trinajstić information content (AvgIpc) is 3.33. The van der Waals surface area contributed by atoms with Crippen LogP contribution in [0.25, 0.3) is 11.2 Å². The van der Waals surface area contributed by atoms with E-state index in [4.69, 9.17) is 0 Å². The first-order valence-corrected chi connectivity index (χ1v) is 8.45. The molecule has 0 spiro atoms. The highest BCUT2D eigenvalue weighted by Gasteiger charge is 2.27. The standard InChI is InChI=1S/C16H20N8O/c25-16(18-4-3-12-6-17-8-19-12)11-2-1-5-24(7-11)15-13-14(21-9-20-13)22-10-23-15/h6,8-11H,1-5,7H2,(H,17,19)(H,18,25)(H,20,21,22,23). The lowest BCUT2D eigenvalue weighted by molar-refractivity contribution is -0.125. The molecule has 0 saturated carbocycles. The summed E-state index contributed by atoms with van der Waals surface area (Å²) >= 11 is 0. The molecule has 130 valence electrons. The van der Waals surface area contributed by atoms with Crippen molar-refractivity contribution in [3.63, 3.8) is 0 Å². The van der Waals surface area contributed by atoms with Crippen molar-refractivity contribution in [3.8, 4) is 0 Å². The lowest BCUT2D eigenvalue weighted by Gasteiger charge is -2.32. The van der Waals surface area contributed by atoms with E-state index in [0.29, 0.717) is 18.7 Å². The molecular formula is C16H20N8O. The van der Waals surface area contributed by atoms with E-state index in [0.717, 1.165) is 42.8 Å². The van der Waals surface area contributed by atoms with Crippen molar-refractivity contribution < 1.29 is 4.79 Å². The summed E-state index contributed by atoms with van der Waals surface area (Å²) in [5, 5.41) is 3.03. The number of carbonyl (C=O) groups is 1. The Morgan fingerprint density at radius 3 is 3.12 bits per heavy atom. The van der Waals surface area contributed by atoms with E-state index in [1.165, 1.54) is 6.33 Å². The highest BCUT2D eigenvalue weighted by Crippen LogP contribution is 2.25. The van der Waals surface area contributed by atoms with Crippen molar-refractivity contribution in [1.82, 2.24) is 35.2 Å². The van der Waals surface area contributed by atoms with E-state index >= 15 is 0 Å². The number of anilines is 1. The maximum Gasteiger partial charge on any atom is 0.224 e. The Morgan fingerprint density at radius 1 is 1.28 bits per heavy atom. The van der Waals surface area contributed by atoms with Crippen molar-refractivity contribution >= 4 is 22.9 Å². The first-order valence-electron chi connectivity index (χ1n) is 8.45. The predicted octanol–water partition coefficient (Wildman–Crippen LogP) is 0.651. The number of imidazole rings is 2. The Balaban J connectivity index is 1.38. The van der Waals surface area contributed by atoms with Gasteiger partial charge in [-0.05, 0) is 12.8 Å². The largest absolute Gasteiger partial charge is 0.355 e. The van der Waals surface area contributed by atoms with Gasteiger partial charge < -0.3 is 20.2 Å². The minimum atomic E-state index is -0.0385. The molecule has 1 aliphatic rings. The molecule has 9 heteroatoms. The quantitative estimate of drug-likeness (QED) is 0.628. The van der Waals surface area contributed by atoms with Crippen LogP contribution in [-0.2, 0) is 11.2 Å². The molecule has 0 radical (unpaired) electrons. The van der Waals surface area contributed by atoms with Gasteiger partial charge in [-0.25, -0.2) is 19.9 Å². The SMILES string of the molecule is O=C(NCCc1cnc[nH]1)C1CCCN(c2ncnc3nc[nH]c23)C1. The summed E-state index contributed by atoms with van der Waals surface area (Å²) in [5.74, 6) is 0.875. The predicted molar refractivity (Wildman–Crippen MR) is 91.9 cm³/mol. The molecule has 3 N–H and O–H groups in total. The Hall–Kier alpha value is -2.97. The number of aromatic nitrogens is 6. The molecule has 25 heavy (non-hydrogen) atoms. The summed E-state index contributed by atoms with van der Waals surface area (Å²) in [4.78, 5) is 37.5. The van der Waals surface area contributed by atoms with Crippen LogP contribution in [0.4, 0.5) is 5.82 Å². The van der Waals surface area contributed by atoms with Crippen LogP contribution in [0.2, 0.25) is 0 Å². The minimum Gasteiger partial charge on any atom is -0.355 e. The highest BCUT2D eigenvalue weighted by atomic mass is 16.1. The second kappa shape index (κ2) is 6.88. The molecule has 1 saturated heterocycles. The third-order valence-electron chi connectivity index (χ3n) is 4.54. The fraction of sp³-hybridized carbons (Fsp3) is 0.438. The highest BCUT2D eigenvalue weighted by molar-refractivity contribution is 5.84. The summed E-state index contributed by atoms with van der Waals surface area (Å²) in [6.07, 6.45) is 9.16. The summed E-state index contributed by atoms with van der Waals surface area (Å²) in [6.45, 7) is 2.14. The first kappa shape index (κ1) is 15.6. The van der Waals surface area contributed by atoms with Crippen LogP contribution in [0.3, 0.4) is 0 Å². The Bertz CT molecular complexity index is 843. The van der Waals surface area contributed by atoms with Gasteiger partial charge in [0.05, 0.1) is 18.6 Å². The zero-order valence-electron chi connectivity index (χ0n) is 13.8. The molecule has 4 heterocycles. The topological polar surface area (TPSA) is 115 Å². The summed E-state index contributed by atoms with van der Waals surface area (Å²) in [5.41, 5.74) is 2.49. The minimum absolute atomic E-state index is 0.0385. The molecule has 0 aliphatic carbocycles. The number of rotatable bonds is 5. The van der Waals surface area contributed by atoms with Gasteiger partial charge in [-0.3, -0.25) is 4.79 Å². The van der Waals surface area contributed by atoms with E-state index in [9.17, 15) is 4.79 Å². The summed E-state index contributed by atoms with van der Waals surface area (Å²) in [7, 11) is 0. The fourth-order valence-corrected chi connectivity index (χ4v) is 3.26. The van der Waals surface area contributed by atoms with Crippen molar-refractivity contribution in [1.29, 1.82) is 0 Å². The second-order valence-electron chi connectivity index (χ2n) is 6.20. The number of nitrogens with one attached hydrogen (secondary N) is 3. The van der Waals surface area contributed by atoms with Gasteiger partial charge in [0.1, 0.15) is 11.8 Å². The third-order valence-corrected chi connectivity index (χ3v) is 4.54. The van der Waals surface area contributed by atoms with Gasteiger partial charge in [0.2, 0.25) is 5.91 Å². The molecule has 1 aliphatic heterocycles. The number of H-pyrrole nitrogens is 2. The van der Waals surface area contributed by atoms with Crippen molar-refractivity contribution in [2.24, 2.45) is 5.92 Å². The monoisotopic (exact) mass is 340 g/mol. The van der Waals surface area contributed by atoms with Gasteiger partial charge >= 0.3 is 0 Å². The summed E-state index contributed by atoms with van der Waals surface area (Å²) < 4.78 is 0. The lowest BCUT2D eigenvalue weighted by Crippen LogP contribution is -2.44. The van der Waals surface area contributed by atoms with Gasteiger partial charge in [-0.2, -0.15) is 0 Å². The van der Waals surface area contributed by atoms with E-state index in [1.54, 1.807) is 18.9 Å². The molecule has 4 rings (SSSR count). The van der Waals surface area contributed by atoms with Crippen LogP contribution in [0.15, 0.2) is 25.2 Å². The van der Waals surface area contributed by atoms with Crippen LogP contribution < -0.4 is 10.2 Å². The number of nitrogens with zero attached hydrogens (tertiary/aromatic N) is 5. The van der Waals surface area contributed by atoms with Crippen LogP contribution >= 0.6 is 0 Å². The van der Waals surface area contributed by atoms with Crippen LogP contribution in [0.5, 0.6) is 0 Å². The van der Waals surface area contributed by atoms with E-state index < -0.39 is 0 Å². The molecule has 3 aromatic heterocycles. The number of carbonyl (C=O) groups excluding carboxylic acids is 1. The number of amides is 1. The zero-order valence-corrected chi connectivity index (χ0v) is 13.8. The van der Waals surface area contributed by atoms with Gasteiger partial charge in [0.25, 0.3) is 0 Å². The number of hydrogen-bond acceptors (Lipinski definition) is 6. The first-order chi connectivity index (χ1) is 12.3. The Labute approximate surface area is 144 Å². The van der Waals surface area contributed by atoms with Crippen molar-refractivity contribution in [2.75, 3.05) is 24.5 Å². The smallest absolute Gasteiger partial charge is 0.224 e. The molecular weight excluding hydrogens is 320 g/mol. The maximum absolute atomic E-state index is 12.5. The lowest BCUT2D eigenvalue weighted by atomic mass is 9.97.